The molecule has 4 aromatic rings. The Bertz CT molecular complexity index is 1810. The van der Waals surface area contributed by atoms with E-state index < -0.39 is 25.5 Å². The van der Waals surface area contributed by atoms with E-state index in [1.807, 2.05) is 0 Å². The summed E-state index contributed by atoms with van der Waals surface area (Å²) in [5.41, 5.74) is 9.05. The van der Waals surface area contributed by atoms with Gasteiger partial charge in [0.25, 0.3) is 0 Å². The molecule has 0 fully saturated rings. The zero-order valence-electron chi connectivity index (χ0n) is 24.0. The second-order valence-corrected chi connectivity index (χ2v) is 13.7. The highest BCUT2D eigenvalue weighted by Crippen LogP contribution is 2.25. The molecule has 0 saturated carbocycles. The van der Waals surface area contributed by atoms with Crippen molar-refractivity contribution in [2.24, 2.45) is 10.2 Å². The molecule has 0 atom stereocenters. The topological polar surface area (TPSA) is 155 Å². The Kier molecular flexibility index (Phi) is 9.21. The molecule has 0 unspecified atom stereocenters. The molecule has 0 radical (unpaired) electrons. The van der Waals surface area contributed by atoms with Crippen LogP contribution in [0.25, 0.3) is 0 Å². The number of benzene rings is 3. The van der Waals surface area contributed by atoms with Gasteiger partial charge in [-0.25, -0.2) is 21.2 Å². The Morgan fingerprint density at radius 3 is 1.51 bits per heavy atom. The van der Waals surface area contributed by atoms with E-state index in [0.29, 0.717) is 39.7 Å². The van der Waals surface area contributed by atoms with Crippen molar-refractivity contribution in [3.63, 3.8) is 0 Å². The van der Waals surface area contributed by atoms with Crippen LogP contribution in [0.1, 0.15) is 30.5 Å². The second-order valence-electron chi connectivity index (χ2n) is 9.69. The highest BCUT2D eigenvalue weighted by Gasteiger charge is 2.14. The van der Waals surface area contributed by atoms with Crippen molar-refractivity contribution in [1.29, 1.82) is 0 Å². The Hall–Kier alpha value is -4.69. The van der Waals surface area contributed by atoms with Crippen LogP contribution in [0.4, 0.5) is 27.7 Å². The molecule has 0 aliphatic heterocycles. The molecular weight excluding hydrogens is 593 g/mol. The van der Waals surface area contributed by atoms with Crippen molar-refractivity contribution in [2.75, 3.05) is 28.7 Å². The Morgan fingerprint density at radius 2 is 1.12 bits per heavy atom. The van der Waals surface area contributed by atoms with Gasteiger partial charge in [-0.15, -0.1) is 0 Å². The minimum Gasteiger partial charge on any atom is -0.322 e. The van der Waals surface area contributed by atoms with Gasteiger partial charge in [0.05, 0.1) is 26.9 Å². The average Bonchev–Trinajstić information content (AvgIpc) is 2.96. The van der Waals surface area contributed by atoms with E-state index >= 15 is 0 Å². The lowest BCUT2D eigenvalue weighted by Crippen LogP contribution is -2.10. The van der Waals surface area contributed by atoms with E-state index in [2.05, 4.69) is 36.3 Å². The number of nitrogens with zero attached hydrogens (tertiary/aromatic N) is 4. The summed E-state index contributed by atoms with van der Waals surface area (Å²) in [4.78, 5) is 9.33. The summed E-state index contributed by atoms with van der Waals surface area (Å²) in [5, 5.41) is 11.7. The van der Waals surface area contributed by atoms with Crippen molar-refractivity contribution >= 4 is 54.4 Å². The molecule has 0 spiro atoms. The van der Waals surface area contributed by atoms with Crippen molar-refractivity contribution in [3.8, 4) is 0 Å². The van der Waals surface area contributed by atoms with Gasteiger partial charge in [0.1, 0.15) is 5.82 Å². The highest BCUT2D eigenvalue weighted by atomic mass is 32.2. The quantitative estimate of drug-likeness (QED) is 0.161. The number of para-hydroxylation sites is 1. The Morgan fingerprint density at radius 1 is 0.698 bits per heavy atom. The first-order chi connectivity index (χ1) is 20.2. The molecule has 43 heavy (non-hydrogen) atoms. The molecule has 0 bridgehead atoms. The molecule has 0 aliphatic carbocycles. The fourth-order valence-electron chi connectivity index (χ4n) is 3.76. The predicted molar refractivity (Wildman–Crippen MR) is 167 cm³/mol. The summed E-state index contributed by atoms with van der Waals surface area (Å²) in [7, 11) is -6.66. The molecule has 14 heteroatoms. The number of sulfone groups is 2. The minimum absolute atomic E-state index is 0.0661. The van der Waals surface area contributed by atoms with Crippen LogP contribution in [0.3, 0.4) is 0 Å². The Balaban J connectivity index is 1.65. The predicted octanol–water partition coefficient (Wildman–Crippen LogP) is 5.15. The zero-order chi connectivity index (χ0) is 31.4. The van der Waals surface area contributed by atoms with Crippen molar-refractivity contribution in [3.05, 3.63) is 95.3 Å². The molecule has 0 amide bonds. The lowest BCUT2D eigenvalue weighted by atomic mass is 10.1. The molecule has 11 nitrogen and oxygen atoms in total. The maximum atomic E-state index is 14.4. The van der Waals surface area contributed by atoms with Crippen LogP contribution in [-0.2, 0) is 19.7 Å². The first-order valence-electron chi connectivity index (χ1n) is 12.8. The number of rotatable bonds is 10. The third-order valence-corrected chi connectivity index (χ3v) is 8.58. The van der Waals surface area contributed by atoms with E-state index in [0.717, 1.165) is 12.5 Å². The van der Waals surface area contributed by atoms with Crippen molar-refractivity contribution < 1.29 is 21.2 Å². The first-order valence-corrected chi connectivity index (χ1v) is 16.6. The normalized spacial score (nSPS) is 12.6. The lowest BCUT2D eigenvalue weighted by Gasteiger charge is -2.14. The number of aromatic nitrogens is 2. The lowest BCUT2D eigenvalue weighted by molar-refractivity contribution is 0.600. The third kappa shape index (κ3) is 7.99. The maximum Gasteiger partial charge on any atom is 0.231 e. The van der Waals surface area contributed by atoms with Gasteiger partial charge in [-0.05, 0) is 68.3 Å². The van der Waals surface area contributed by atoms with Crippen molar-refractivity contribution in [2.45, 2.75) is 30.6 Å². The fraction of sp³-hybridized carbons (Fsp3) is 0.172. The van der Waals surface area contributed by atoms with E-state index in [-0.39, 0.29) is 21.4 Å². The molecule has 1 aromatic heterocycles. The van der Waals surface area contributed by atoms with Gasteiger partial charge in [0.2, 0.25) is 5.95 Å². The molecule has 1 heterocycles. The SMILES string of the molecule is CC(=NNc1nc(Nc2ccccc2F)nc(NN=C(C)c2ccc(S(C)(=O)=O)cc2)c1C)c1ccc(S(C)(=O)=O)cc1. The van der Waals surface area contributed by atoms with Crippen LogP contribution in [0.5, 0.6) is 0 Å². The van der Waals surface area contributed by atoms with Gasteiger partial charge in [0.15, 0.2) is 31.3 Å². The van der Waals surface area contributed by atoms with Gasteiger partial charge >= 0.3 is 0 Å². The maximum absolute atomic E-state index is 14.4. The first kappa shape index (κ1) is 31.3. The molecule has 3 N–H and O–H groups in total. The molecular formula is C29H30FN7O4S2. The van der Waals surface area contributed by atoms with Gasteiger partial charge in [-0.1, -0.05) is 36.4 Å². The molecule has 0 aliphatic rings. The third-order valence-electron chi connectivity index (χ3n) is 6.33. The van der Waals surface area contributed by atoms with Crippen LogP contribution < -0.4 is 16.2 Å². The fourth-order valence-corrected chi connectivity index (χ4v) is 5.02. The number of nitrogens with one attached hydrogen (secondary N) is 3. The van der Waals surface area contributed by atoms with E-state index in [1.165, 1.54) is 30.3 Å². The molecule has 0 saturated heterocycles. The standard InChI is InChI=1S/C29H30FN7O4S2/c1-18-27(36-34-19(2)21-10-14-23(15-11-21)42(4,38)39)32-29(31-26-9-7-6-8-25(26)30)33-28(18)37-35-20(3)22-12-16-24(17-13-22)43(5,40)41/h6-17H,1-5H3,(H3,31,32,33,36,37). The summed E-state index contributed by atoms with van der Waals surface area (Å²) in [6.07, 6.45) is 2.28. The van der Waals surface area contributed by atoms with Crippen molar-refractivity contribution in [1.82, 2.24) is 9.97 Å². The second kappa shape index (κ2) is 12.7. The van der Waals surface area contributed by atoms with Gasteiger partial charge in [0, 0.05) is 18.1 Å². The van der Waals surface area contributed by atoms with Crippen LogP contribution in [0.15, 0.2) is 92.8 Å². The van der Waals surface area contributed by atoms with E-state index in [4.69, 9.17) is 0 Å². The zero-order valence-corrected chi connectivity index (χ0v) is 25.7. The van der Waals surface area contributed by atoms with Gasteiger partial charge in [-0.2, -0.15) is 20.2 Å². The smallest absolute Gasteiger partial charge is 0.231 e. The van der Waals surface area contributed by atoms with Crippen LogP contribution in [0.2, 0.25) is 0 Å². The summed E-state index contributed by atoms with van der Waals surface area (Å²) in [6.45, 7) is 5.24. The monoisotopic (exact) mass is 623 g/mol. The molecule has 224 valence electrons. The van der Waals surface area contributed by atoms with Crippen LogP contribution >= 0.6 is 0 Å². The van der Waals surface area contributed by atoms with Gasteiger partial charge < -0.3 is 5.32 Å². The summed E-state index contributed by atoms with van der Waals surface area (Å²) < 4.78 is 61.5. The highest BCUT2D eigenvalue weighted by molar-refractivity contribution is 7.91. The van der Waals surface area contributed by atoms with E-state index in [1.54, 1.807) is 63.2 Å². The van der Waals surface area contributed by atoms with E-state index in [9.17, 15) is 21.2 Å². The average molecular weight is 624 g/mol. The molecule has 3 aromatic carbocycles. The summed E-state index contributed by atoms with van der Waals surface area (Å²) in [5.74, 6) is 0.174. The van der Waals surface area contributed by atoms with Crippen LogP contribution in [0, 0.1) is 12.7 Å². The summed E-state index contributed by atoms with van der Waals surface area (Å²) >= 11 is 0. The Labute approximate surface area is 249 Å². The minimum atomic E-state index is -3.33. The number of hydrogen-bond acceptors (Lipinski definition) is 11. The van der Waals surface area contributed by atoms with Crippen LogP contribution in [-0.4, -0.2) is 50.7 Å². The largest absolute Gasteiger partial charge is 0.322 e. The van der Waals surface area contributed by atoms with Gasteiger partial charge in [-0.3, -0.25) is 10.9 Å². The number of hydrazone groups is 2. The number of hydrogen-bond donors (Lipinski definition) is 3. The summed E-state index contributed by atoms with van der Waals surface area (Å²) in [6, 6.07) is 18.7. The molecule has 4 rings (SSSR count). The number of anilines is 4. The number of halogens is 1.